The van der Waals surface area contributed by atoms with Crippen LogP contribution >= 0.6 is 0 Å². The largest absolute Gasteiger partial charge is 0.366 e. The van der Waals surface area contributed by atoms with Gasteiger partial charge in [-0.05, 0) is 31.5 Å². The van der Waals surface area contributed by atoms with Gasteiger partial charge in [-0.25, -0.2) is 0 Å². The lowest BCUT2D eigenvalue weighted by atomic mass is 10.1. The molecule has 1 aromatic carbocycles. The molecule has 0 atom stereocenters. The molecule has 104 valence electrons. The molecule has 0 aromatic heterocycles. The summed E-state index contributed by atoms with van der Waals surface area (Å²) in [6, 6.07) is 6.73. The molecule has 0 saturated heterocycles. The summed E-state index contributed by atoms with van der Waals surface area (Å²) in [4.78, 5) is 22.9. The third-order valence-electron chi connectivity index (χ3n) is 2.82. The molecule has 0 unspecified atom stereocenters. The van der Waals surface area contributed by atoms with Crippen LogP contribution in [0.15, 0.2) is 24.3 Å². The minimum Gasteiger partial charge on any atom is -0.366 e. The number of unbranched alkanes of at least 4 members (excludes halogenated alkanes) is 3. The fraction of sp³-hybridized carbons (Fsp3) is 0.429. The van der Waals surface area contributed by atoms with Crippen molar-refractivity contribution in [1.82, 2.24) is 0 Å². The van der Waals surface area contributed by atoms with Crippen LogP contribution in [0.25, 0.3) is 0 Å². The van der Waals surface area contributed by atoms with Gasteiger partial charge in [0.05, 0.1) is 11.3 Å². The summed E-state index contributed by atoms with van der Waals surface area (Å²) in [5, 5.41) is 2.72. The van der Waals surface area contributed by atoms with Crippen molar-refractivity contribution in [3.63, 3.8) is 0 Å². The zero-order valence-corrected chi connectivity index (χ0v) is 11.0. The van der Waals surface area contributed by atoms with E-state index in [9.17, 15) is 9.59 Å². The minimum absolute atomic E-state index is 0.0959. The van der Waals surface area contributed by atoms with Crippen LogP contribution in [0, 0.1) is 0 Å². The Kier molecular flexibility index (Phi) is 6.60. The average Bonchev–Trinajstić information content (AvgIpc) is 2.39. The lowest BCUT2D eigenvalue weighted by molar-refractivity contribution is -0.116. The van der Waals surface area contributed by atoms with Crippen LogP contribution in [0.2, 0.25) is 0 Å². The van der Waals surface area contributed by atoms with Crippen molar-refractivity contribution in [2.75, 3.05) is 11.9 Å². The fourth-order valence-corrected chi connectivity index (χ4v) is 1.80. The van der Waals surface area contributed by atoms with Gasteiger partial charge in [0, 0.05) is 6.42 Å². The monoisotopic (exact) mass is 263 g/mol. The molecule has 0 saturated carbocycles. The van der Waals surface area contributed by atoms with Gasteiger partial charge in [0.15, 0.2) is 0 Å². The number of hydrogen-bond acceptors (Lipinski definition) is 3. The Balaban J connectivity index is 2.42. The quantitative estimate of drug-likeness (QED) is 0.622. The second kappa shape index (κ2) is 8.26. The molecular formula is C14H21N3O2. The number of anilines is 1. The highest BCUT2D eigenvalue weighted by Crippen LogP contribution is 2.15. The third-order valence-corrected chi connectivity index (χ3v) is 2.82. The van der Waals surface area contributed by atoms with E-state index < -0.39 is 5.91 Å². The van der Waals surface area contributed by atoms with E-state index in [0.717, 1.165) is 25.7 Å². The molecule has 5 heteroatoms. The van der Waals surface area contributed by atoms with Gasteiger partial charge in [-0.1, -0.05) is 25.0 Å². The molecule has 0 fully saturated rings. The maximum absolute atomic E-state index is 11.7. The van der Waals surface area contributed by atoms with Crippen LogP contribution in [0.1, 0.15) is 42.5 Å². The van der Waals surface area contributed by atoms with Gasteiger partial charge < -0.3 is 16.8 Å². The molecule has 0 aliphatic heterocycles. The first-order valence-corrected chi connectivity index (χ1v) is 6.54. The van der Waals surface area contributed by atoms with E-state index in [4.69, 9.17) is 11.5 Å². The SMILES string of the molecule is NCCCCCCC(=O)Nc1ccccc1C(N)=O. The lowest BCUT2D eigenvalue weighted by Crippen LogP contribution is -2.17. The molecule has 1 rings (SSSR count). The zero-order valence-electron chi connectivity index (χ0n) is 11.0. The van der Waals surface area contributed by atoms with Crippen LogP contribution in [0.5, 0.6) is 0 Å². The molecule has 5 nitrogen and oxygen atoms in total. The summed E-state index contributed by atoms with van der Waals surface area (Å²) in [5.74, 6) is -0.639. The first-order valence-electron chi connectivity index (χ1n) is 6.54. The molecule has 0 heterocycles. The molecule has 0 aliphatic rings. The highest BCUT2D eigenvalue weighted by Gasteiger charge is 2.09. The molecule has 0 spiro atoms. The molecule has 0 bridgehead atoms. The van der Waals surface area contributed by atoms with Crippen molar-refractivity contribution >= 4 is 17.5 Å². The number of nitrogens with two attached hydrogens (primary N) is 2. The highest BCUT2D eigenvalue weighted by atomic mass is 16.2. The summed E-state index contributed by atoms with van der Waals surface area (Å²) in [7, 11) is 0. The average molecular weight is 263 g/mol. The van der Waals surface area contributed by atoms with Gasteiger partial charge in [0.25, 0.3) is 5.91 Å². The van der Waals surface area contributed by atoms with E-state index >= 15 is 0 Å². The predicted molar refractivity (Wildman–Crippen MR) is 75.7 cm³/mol. The number of amides is 2. The standard InChI is InChI=1S/C14H21N3O2/c15-10-6-2-1-3-9-13(18)17-12-8-5-4-7-11(12)14(16)19/h4-5,7-8H,1-3,6,9-10,15H2,(H2,16,19)(H,17,18). The summed E-state index contributed by atoms with van der Waals surface area (Å²) >= 11 is 0. The lowest BCUT2D eigenvalue weighted by Gasteiger charge is -2.08. The second-order valence-corrected chi connectivity index (χ2v) is 4.41. The number of carbonyl (C=O) groups excluding carboxylic acids is 2. The highest BCUT2D eigenvalue weighted by molar-refractivity contribution is 6.02. The van der Waals surface area contributed by atoms with Crippen LogP contribution in [-0.2, 0) is 4.79 Å². The molecule has 0 aliphatic carbocycles. The number of nitrogens with one attached hydrogen (secondary N) is 1. The number of benzene rings is 1. The topological polar surface area (TPSA) is 98.2 Å². The van der Waals surface area contributed by atoms with Gasteiger partial charge in [0.2, 0.25) is 5.91 Å². The van der Waals surface area contributed by atoms with Crippen LogP contribution in [0.4, 0.5) is 5.69 Å². The fourth-order valence-electron chi connectivity index (χ4n) is 1.80. The van der Waals surface area contributed by atoms with E-state index in [1.165, 1.54) is 0 Å². The van der Waals surface area contributed by atoms with Gasteiger partial charge in [-0.15, -0.1) is 0 Å². The second-order valence-electron chi connectivity index (χ2n) is 4.41. The Labute approximate surface area is 113 Å². The third kappa shape index (κ3) is 5.52. The number of hydrogen-bond donors (Lipinski definition) is 3. The maximum atomic E-state index is 11.7. The van der Waals surface area contributed by atoms with Crippen molar-refractivity contribution in [1.29, 1.82) is 0 Å². The summed E-state index contributed by atoms with van der Waals surface area (Å²) < 4.78 is 0. The molecule has 5 N–H and O–H groups in total. The van der Waals surface area contributed by atoms with Crippen molar-refractivity contribution in [2.24, 2.45) is 11.5 Å². The molecule has 1 aromatic rings. The van der Waals surface area contributed by atoms with Crippen LogP contribution in [0.3, 0.4) is 0 Å². The number of rotatable bonds is 8. The summed E-state index contributed by atoms with van der Waals surface area (Å²) in [6.07, 6.45) is 4.29. The van der Waals surface area contributed by atoms with Gasteiger partial charge >= 0.3 is 0 Å². The van der Waals surface area contributed by atoms with E-state index in [1.54, 1.807) is 24.3 Å². The van der Waals surface area contributed by atoms with Gasteiger partial charge in [-0.2, -0.15) is 0 Å². The first kappa shape index (κ1) is 15.2. The number of carbonyl (C=O) groups is 2. The zero-order chi connectivity index (χ0) is 14.1. The number of primary amides is 1. The summed E-state index contributed by atoms with van der Waals surface area (Å²) in [5.41, 5.74) is 11.4. The normalized spacial score (nSPS) is 10.2. The predicted octanol–water partition coefficient (Wildman–Crippen LogP) is 1.63. The molecule has 0 radical (unpaired) electrons. The Morgan fingerprint density at radius 2 is 1.74 bits per heavy atom. The Morgan fingerprint density at radius 1 is 1.05 bits per heavy atom. The smallest absolute Gasteiger partial charge is 0.250 e. The first-order chi connectivity index (χ1) is 9.15. The van der Waals surface area contributed by atoms with E-state index in [-0.39, 0.29) is 5.91 Å². The Morgan fingerprint density at radius 3 is 2.42 bits per heavy atom. The van der Waals surface area contributed by atoms with Crippen molar-refractivity contribution in [3.8, 4) is 0 Å². The van der Waals surface area contributed by atoms with Crippen molar-refractivity contribution in [2.45, 2.75) is 32.1 Å². The van der Waals surface area contributed by atoms with Crippen LogP contribution in [-0.4, -0.2) is 18.4 Å². The number of para-hydroxylation sites is 1. The molecule has 2 amide bonds. The van der Waals surface area contributed by atoms with E-state index in [1.807, 2.05) is 0 Å². The van der Waals surface area contributed by atoms with Crippen LogP contribution < -0.4 is 16.8 Å². The van der Waals surface area contributed by atoms with Crippen molar-refractivity contribution in [3.05, 3.63) is 29.8 Å². The van der Waals surface area contributed by atoms with E-state index in [0.29, 0.717) is 24.2 Å². The summed E-state index contributed by atoms with van der Waals surface area (Å²) in [6.45, 7) is 0.693. The Hall–Kier alpha value is -1.88. The van der Waals surface area contributed by atoms with Crippen molar-refractivity contribution < 1.29 is 9.59 Å². The Bertz CT molecular complexity index is 432. The van der Waals surface area contributed by atoms with E-state index in [2.05, 4.69) is 5.32 Å². The minimum atomic E-state index is -0.543. The maximum Gasteiger partial charge on any atom is 0.250 e. The van der Waals surface area contributed by atoms with Gasteiger partial charge in [0.1, 0.15) is 0 Å². The van der Waals surface area contributed by atoms with Gasteiger partial charge in [-0.3, -0.25) is 9.59 Å². The molecule has 19 heavy (non-hydrogen) atoms. The molecular weight excluding hydrogens is 242 g/mol.